The van der Waals surface area contributed by atoms with Crippen LogP contribution in [0.3, 0.4) is 0 Å². The van der Waals surface area contributed by atoms with Gasteiger partial charge in [-0.25, -0.2) is 9.59 Å². The van der Waals surface area contributed by atoms with Crippen molar-refractivity contribution in [2.24, 2.45) is 0 Å². The number of aliphatic carboxylic acids is 1. The first-order chi connectivity index (χ1) is 8.22. The third-order valence-corrected chi connectivity index (χ3v) is 1.98. The Hall–Kier alpha value is -2.17. The average molecular weight is 250 g/mol. The summed E-state index contributed by atoms with van der Waals surface area (Å²) in [6.07, 6.45) is 0. The number of Topliss-reactive ketones (excluding diaryl/α,β-unsaturated/α-hetero) is 1. The number of benzene rings is 1. The fraction of sp³-hybridized carbons (Fsp3) is 0.308. The van der Waals surface area contributed by atoms with Crippen molar-refractivity contribution >= 4 is 17.7 Å². The first-order valence-corrected chi connectivity index (χ1v) is 5.32. The number of esters is 1. The summed E-state index contributed by atoms with van der Waals surface area (Å²) in [5, 5.41) is 8.67. The van der Waals surface area contributed by atoms with E-state index in [1.54, 1.807) is 20.8 Å². The molecule has 0 unspecified atom stereocenters. The Kier molecular flexibility index (Phi) is 3.86. The minimum Gasteiger partial charge on any atom is -0.475 e. The molecule has 96 valence electrons. The predicted molar refractivity (Wildman–Crippen MR) is 63.6 cm³/mol. The van der Waals surface area contributed by atoms with Crippen LogP contribution in [0.5, 0.6) is 0 Å². The van der Waals surface area contributed by atoms with Gasteiger partial charge in [0, 0.05) is 5.56 Å². The molecule has 0 saturated carbocycles. The van der Waals surface area contributed by atoms with Gasteiger partial charge in [-0.15, -0.1) is 0 Å². The molecule has 18 heavy (non-hydrogen) atoms. The molecule has 0 aliphatic heterocycles. The van der Waals surface area contributed by atoms with Gasteiger partial charge in [-0.3, -0.25) is 4.79 Å². The normalized spacial score (nSPS) is 10.8. The fourth-order valence-corrected chi connectivity index (χ4v) is 1.31. The van der Waals surface area contributed by atoms with E-state index in [-0.39, 0.29) is 11.1 Å². The summed E-state index contributed by atoms with van der Waals surface area (Å²) >= 11 is 0. The zero-order valence-electron chi connectivity index (χ0n) is 10.4. The van der Waals surface area contributed by atoms with E-state index in [0.717, 1.165) is 0 Å². The second-order valence-corrected chi connectivity index (χ2v) is 4.68. The Morgan fingerprint density at radius 1 is 1.06 bits per heavy atom. The number of carboxylic acid groups (broad SMARTS) is 1. The summed E-state index contributed by atoms with van der Waals surface area (Å²) in [5.74, 6) is -3.45. The molecule has 1 aromatic rings. The van der Waals surface area contributed by atoms with Crippen molar-refractivity contribution in [1.29, 1.82) is 0 Å². The molecular weight excluding hydrogens is 236 g/mol. The lowest BCUT2D eigenvalue weighted by Gasteiger charge is -2.20. The molecule has 0 aliphatic carbocycles. The van der Waals surface area contributed by atoms with Gasteiger partial charge in [0.25, 0.3) is 5.78 Å². The van der Waals surface area contributed by atoms with E-state index in [4.69, 9.17) is 9.84 Å². The minimum absolute atomic E-state index is 0.0418. The van der Waals surface area contributed by atoms with E-state index >= 15 is 0 Å². The number of rotatable bonds is 3. The largest absolute Gasteiger partial charge is 0.475 e. The smallest absolute Gasteiger partial charge is 0.377 e. The highest BCUT2D eigenvalue weighted by atomic mass is 16.6. The monoisotopic (exact) mass is 250 g/mol. The van der Waals surface area contributed by atoms with Crippen LogP contribution in [0.4, 0.5) is 0 Å². The van der Waals surface area contributed by atoms with E-state index in [0.29, 0.717) is 0 Å². The maximum Gasteiger partial charge on any atom is 0.377 e. The van der Waals surface area contributed by atoms with Crippen LogP contribution in [0.15, 0.2) is 24.3 Å². The van der Waals surface area contributed by atoms with Crippen molar-refractivity contribution in [3.8, 4) is 0 Å². The van der Waals surface area contributed by atoms with E-state index in [1.807, 2.05) is 0 Å². The number of carbonyl (C=O) groups excluding carboxylic acids is 2. The van der Waals surface area contributed by atoms with Gasteiger partial charge in [0.15, 0.2) is 0 Å². The van der Waals surface area contributed by atoms with Crippen LogP contribution in [-0.2, 0) is 9.53 Å². The lowest BCUT2D eigenvalue weighted by atomic mass is 10.0. The summed E-state index contributed by atoms with van der Waals surface area (Å²) in [7, 11) is 0. The molecule has 1 aromatic carbocycles. The average Bonchev–Trinajstić information content (AvgIpc) is 2.25. The van der Waals surface area contributed by atoms with Gasteiger partial charge < -0.3 is 9.84 Å². The van der Waals surface area contributed by atoms with Crippen LogP contribution in [0, 0.1) is 0 Å². The van der Waals surface area contributed by atoms with E-state index in [2.05, 4.69) is 0 Å². The topological polar surface area (TPSA) is 80.7 Å². The zero-order chi connectivity index (χ0) is 13.9. The highest BCUT2D eigenvalue weighted by Gasteiger charge is 2.25. The Labute approximate surface area is 104 Å². The summed E-state index contributed by atoms with van der Waals surface area (Å²) < 4.78 is 5.11. The lowest BCUT2D eigenvalue weighted by molar-refractivity contribution is -0.131. The molecule has 0 heterocycles. The highest BCUT2D eigenvalue weighted by molar-refractivity contribution is 6.41. The third kappa shape index (κ3) is 3.41. The van der Waals surface area contributed by atoms with Gasteiger partial charge in [-0.2, -0.15) is 0 Å². The fourth-order valence-electron chi connectivity index (χ4n) is 1.31. The van der Waals surface area contributed by atoms with Gasteiger partial charge >= 0.3 is 11.9 Å². The molecule has 0 saturated heterocycles. The van der Waals surface area contributed by atoms with Crippen LogP contribution in [0.25, 0.3) is 0 Å². The van der Waals surface area contributed by atoms with Crippen molar-refractivity contribution in [2.45, 2.75) is 26.4 Å². The van der Waals surface area contributed by atoms with Crippen molar-refractivity contribution in [2.75, 3.05) is 0 Å². The number of hydrogen-bond donors (Lipinski definition) is 1. The summed E-state index contributed by atoms with van der Waals surface area (Å²) in [6.45, 7) is 5.06. The molecule has 0 radical (unpaired) electrons. The molecular formula is C13H14O5. The molecule has 1 N–H and O–H groups in total. The molecule has 0 aromatic heterocycles. The first kappa shape index (κ1) is 13.9. The number of ketones is 1. The summed E-state index contributed by atoms with van der Waals surface area (Å²) in [6, 6.07) is 5.68. The van der Waals surface area contributed by atoms with Crippen LogP contribution >= 0.6 is 0 Å². The van der Waals surface area contributed by atoms with Gasteiger partial charge in [0.2, 0.25) is 0 Å². The second-order valence-electron chi connectivity index (χ2n) is 4.68. The third-order valence-electron chi connectivity index (χ3n) is 1.98. The Balaban J connectivity index is 3.14. The standard InChI is InChI=1S/C13H14O5/c1-13(2,3)18-12(17)9-7-5-4-6-8(9)10(14)11(15)16/h4-7H,1-3H3,(H,15,16). The van der Waals surface area contributed by atoms with E-state index in [9.17, 15) is 14.4 Å². The predicted octanol–water partition coefficient (Wildman–Crippen LogP) is 1.91. The van der Waals surface area contributed by atoms with Gasteiger partial charge in [-0.05, 0) is 32.9 Å². The number of ether oxygens (including phenoxy) is 1. The van der Waals surface area contributed by atoms with Gasteiger partial charge in [0.1, 0.15) is 5.60 Å². The molecule has 5 heteroatoms. The molecule has 1 rings (SSSR count). The van der Waals surface area contributed by atoms with Crippen LogP contribution in [-0.4, -0.2) is 28.4 Å². The van der Waals surface area contributed by atoms with E-state index < -0.39 is 23.3 Å². The molecule has 0 aliphatic rings. The first-order valence-electron chi connectivity index (χ1n) is 5.32. The highest BCUT2D eigenvalue weighted by Crippen LogP contribution is 2.16. The minimum atomic E-state index is -1.61. The van der Waals surface area contributed by atoms with Crippen molar-refractivity contribution in [3.05, 3.63) is 35.4 Å². The molecule has 5 nitrogen and oxygen atoms in total. The summed E-state index contributed by atoms with van der Waals surface area (Å²) in [5.41, 5.74) is -0.921. The van der Waals surface area contributed by atoms with Crippen molar-refractivity contribution in [1.82, 2.24) is 0 Å². The zero-order valence-corrected chi connectivity index (χ0v) is 10.4. The van der Waals surface area contributed by atoms with Crippen LogP contribution in [0.2, 0.25) is 0 Å². The molecule has 0 bridgehead atoms. The Morgan fingerprint density at radius 3 is 2.00 bits per heavy atom. The number of hydrogen-bond acceptors (Lipinski definition) is 4. The maximum atomic E-state index is 11.8. The molecule has 0 spiro atoms. The Bertz CT molecular complexity index is 496. The number of carboxylic acids is 1. The molecule has 0 amide bonds. The molecule has 0 fully saturated rings. The lowest BCUT2D eigenvalue weighted by Crippen LogP contribution is -2.26. The SMILES string of the molecule is CC(C)(C)OC(=O)c1ccccc1C(=O)C(=O)O. The van der Waals surface area contributed by atoms with Gasteiger partial charge in [0.05, 0.1) is 5.56 Å². The summed E-state index contributed by atoms with van der Waals surface area (Å²) in [4.78, 5) is 33.9. The molecule has 0 atom stereocenters. The van der Waals surface area contributed by atoms with Crippen LogP contribution < -0.4 is 0 Å². The number of carbonyl (C=O) groups is 3. The van der Waals surface area contributed by atoms with E-state index in [1.165, 1.54) is 24.3 Å². The van der Waals surface area contributed by atoms with Crippen LogP contribution in [0.1, 0.15) is 41.5 Å². The van der Waals surface area contributed by atoms with Crippen molar-refractivity contribution in [3.63, 3.8) is 0 Å². The van der Waals surface area contributed by atoms with Crippen molar-refractivity contribution < 1.29 is 24.2 Å². The second kappa shape index (κ2) is 5.00. The van der Waals surface area contributed by atoms with Gasteiger partial charge in [-0.1, -0.05) is 12.1 Å². The quantitative estimate of drug-likeness (QED) is 0.503. The Morgan fingerprint density at radius 2 is 1.56 bits per heavy atom. The maximum absolute atomic E-state index is 11.8.